The maximum Gasteiger partial charge on any atom is 0.276 e. The van der Waals surface area contributed by atoms with Crippen LogP contribution in [0, 0.1) is 10.1 Å². The minimum atomic E-state index is -0.488. The Hall–Kier alpha value is -2.31. The summed E-state index contributed by atoms with van der Waals surface area (Å²) < 4.78 is 10.1. The molecule has 0 bridgehead atoms. The van der Waals surface area contributed by atoms with Crippen LogP contribution in [0.5, 0.6) is 11.5 Å². The summed E-state index contributed by atoms with van der Waals surface area (Å²) in [6, 6.07) is 2.86. The number of carbonyl (C=O) groups excluding carboxylic acids is 1. The van der Waals surface area contributed by atoms with Crippen molar-refractivity contribution in [1.82, 2.24) is 5.32 Å². The lowest BCUT2D eigenvalue weighted by Gasteiger charge is -2.10. The Labute approximate surface area is 104 Å². The molecule has 18 heavy (non-hydrogen) atoms. The van der Waals surface area contributed by atoms with E-state index in [2.05, 4.69) is 5.32 Å². The summed E-state index contributed by atoms with van der Waals surface area (Å²) in [4.78, 5) is 20.6. The Kier molecular flexibility index (Phi) is 4.91. The summed E-state index contributed by atoms with van der Waals surface area (Å²) in [7, 11) is 2.87. The molecular formula is C11H14N2O5. The van der Waals surface area contributed by atoms with Gasteiger partial charge < -0.3 is 14.8 Å². The van der Waals surface area contributed by atoms with E-state index < -0.39 is 4.92 Å². The number of nitrogens with one attached hydrogen (secondary N) is 1. The maximum absolute atomic E-state index is 10.9. The summed E-state index contributed by atoms with van der Waals surface area (Å²) in [5.41, 5.74) is 0.423. The number of nitro groups is 1. The maximum atomic E-state index is 10.9. The van der Waals surface area contributed by atoms with Gasteiger partial charge in [-0.1, -0.05) is 0 Å². The molecule has 1 N–H and O–H groups in total. The Balaban J connectivity index is 3.11. The summed E-state index contributed by atoms with van der Waals surface area (Å²) in [5.74, 6) is 0.723. The van der Waals surface area contributed by atoms with E-state index in [1.54, 1.807) is 6.07 Å². The van der Waals surface area contributed by atoms with Crippen LogP contribution < -0.4 is 14.8 Å². The molecule has 7 nitrogen and oxygen atoms in total. The third-order valence-electron chi connectivity index (χ3n) is 2.40. The van der Waals surface area contributed by atoms with Crippen molar-refractivity contribution >= 4 is 12.1 Å². The summed E-state index contributed by atoms with van der Waals surface area (Å²) >= 11 is 0. The smallest absolute Gasteiger partial charge is 0.276 e. The van der Waals surface area contributed by atoms with Gasteiger partial charge in [0.05, 0.1) is 25.2 Å². The minimum Gasteiger partial charge on any atom is -0.493 e. The number of methoxy groups -OCH3 is 2. The summed E-state index contributed by atoms with van der Waals surface area (Å²) in [6.07, 6.45) is 0.891. The van der Waals surface area contributed by atoms with Crippen LogP contribution in [0.1, 0.15) is 5.56 Å². The standard InChI is InChI=1S/C11H14N2O5/c1-17-10-5-8(3-4-12-7-14)9(13(15)16)6-11(10)18-2/h5-7H,3-4H2,1-2H3,(H,12,14). The molecule has 0 atom stereocenters. The largest absolute Gasteiger partial charge is 0.493 e. The van der Waals surface area contributed by atoms with Crippen molar-refractivity contribution in [2.45, 2.75) is 6.42 Å². The van der Waals surface area contributed by atoms with E-state index in [0.29, 0.717) is 36.4 Å². The highest BCUT2D eigenvalue weighted by molar-refractivity contribution is 5.54. The second kappa shape index (κ2) is 6.43. The fourth-order valence-electron chi connectivity index (χ4n) is 1.55. The second-order valence-corrected chi connectivity index (χ2v) is 3.41. The van der Waals surface area contributed by atoms with Gasteiger partial charge in [-0.2, -0.15) is 0 Å². The van der Waals surface area contributed by atoms with Gasteiger partial charge in [-0.3, -0.25) is 14.9 Å². The van der Waals surface area contributed by atoms with Crippen LogP contribution in [-0.4, -0.2) is 32.1 Å². The van der Waals surface area contributed by atoms with Crippen molar-refractivity contribution < 1.29 is 19.2 Å². The molecule has 1 aromatic carbocycles. The summed E-state index contributed by atoms with van der Waals surface area (Å²) in [6.45, 7) is 0.319. The van der Waals surface area contributed by atoms with E-state index in [-0.39, 0.29) is 5.69 Å². The Bertz CT molecular complexity index is 447. The highest BCUT2D eigenvalue weighted by Crippen LogP contribution is 2.34. The zero-order chi connectivity index (χ0) is 13.5. The fraction of sp³-hybridized carbons (Fsp3) is 0.364. The Morgan fingerprint density at radius 1 is 1.33 bits per heavy atom. The highest BCUT2D eigenvalue weighted by Gasteiger charge is 2.18. The molecule has 0 aliphatic rings. The first kappa shape index (κ1) is 13.8. The molecule has 0 aliphatic carbocycles. The van der Waals surface area contributed by atoms with E-state index in [0.717, 1.165) is 0 Å². The molecule has 98 valence electrons. The van der Waals surface area contributed by atoms with E-state index in [9.17, 15) is 14.9 Å². The van der Waals surface area contributed by atoms with Gasteiger partial charge >= 0.3 is 0 Å². The molecule has 7 heteroatoms. The molecule has 1 rings (SSSR count). The fourth-order valence-corrected chi connectivity index (χ4v) is 1.55. The number of hydrogen-bond donors (Lipinski definition) is 1. The van der Waals surface area contributed by atoms with Crippen molar-refractivity contribution in [3.8, 4) is 11.5 Å². The molecule has 1 amide bonds. The number of nitrogens with zero attached hydrogens (tertiary/aromatic N) is 1. The number of carbonyl (C=O) groups is 1. The molecule has 0 fully saturated rings. The average molecular weight is 254 g/mol. The van der Waals surface area contributed by atoms with Crippen LogP contribution in [0.25, 0.3) is 0 Å². The molecular weight excluding hydrogens is 240 g/mol. The predicted molar refractivity (Wildman–Crippen MR) is 64.0 cm³/mol. The number of rotatable bonds is 7. The molecule has 0 saturated heterocycles. The molecule has 0 spiro atoms. The molecule has 0 heterocycles. The number of nitro benzene ring substituents is 1. The van der Waals surface area contributed by atoms with Crippen LogP contribution in [0.15, 0.2) is 12.1 Å². The van der Waals surface area contributed by atoms with E-state index in [1.165, 1.54) is 20.3 Å². The SMILES string of the molecule is COc1cc(CCNC=O)c([N+](=O)[O-])cc1OC. The van der Waals surface area contributed by atoms with Gasteiger partial charge in [0, 0.05) is 12.1 Å². The van der Waals surface area contributed by atoms with E-state index in [4.69, 9.17) is 9.47 Å². The van der Waals surface area contributed by atoms with Crippen LogP contribution >= 0.6 is 0 Å². The molecule has 0 aliphatic heterocycles. The average Bonchev–Trinajstić information content (AvgIpc) is 2.38. The van der Waals surface area contributed by atoms with Crippen LogP contribution in [0.3, 0.4) is 0 Å². The first-order valence-corrected chi connectivity index (χ1v) is 5.20. The van der Waals surface area contributed by atoms with E-state index >= 15 is 0 Å². The highest BCUT2D eigenvalue weighted by atomic mass is 16.6. The van der Waals surface area contributed by atoms with Gasteiger partial charge in [-0.15, -0.1) is 0 Å². The van der Waals surface area contributed by atoms with Crippen LogP contribution in [0.4, 0.5) is 5.69 Å². The van der Waals surface area contributed by atoms with Crippen molar-refractivity contribution in [1.29, 1.82) is 0 Å². The Morgan fingerprint density at radius 3 is 2.44 bits per heavy atom. The zero-order valence-corrected chi connectivity index (χ0v) is 10.1. The lowest BCUT2D eigenvalue weighted by Crippen LogP contribution is -2.15. The minimum absolute atomic E-state index is 0.0552. The van der Waals surface area contributed by atoms with Gasteiger partial charge in [0.2, 0.25) is 6.41 Å². The van der Waals surface area contributed by atoms with Gasteiger partial charge in [0.25, 0.3) is 5.69 Å². The topological polar surface area (TPSA) is 90.7 Å². The lowest BCUT2D eigenvalue weighted by atomic mass is 10.1. The number of amides is 1. The molecule has 0 unspecified atom stereocenters. The van der Waals surface area contributed by atoms with Gasteiger partial charge in [-0.05, 0) is 12.5 Å². The Morgan fingerprint density at radius 2 is 1.94 bits per heavy atom. The molecule has 0 aromatic heterocycles. The normalized spacial score (nSPS) is 9.67. The zero-order valence-electron chi connectivity index (χ0n) is 10.1. The molecule has 1 aromatic rings. The number of hydrogen-bond acceptors (Lipinski definition) is 5. The van der Waals surface area contributed by atoms with Crippen LogP contribution in [0.2, 0.25) is 0 Å². The predicted octanol–water partition coefficient (Wildman–Crippen LogP) is 0.901. The lowest BCUT2D eigenvalue weighted by molar-refractivity contribution is -0.385. The third kappa shape index (κ3) is 3.09. The first-order valence-electron chi connectivity index (χ1n) is 5.20. The second-order valence-electron chi connectivity index (χ2n) is 3.41. The molecule has 0 saturated carbocycles. The summed E-state index contributed by atoms with van der Waals surface area (Å²) in [5, 5.41) is 13.4. The van der Waals surface area contributed by atoms with Crippen molar-refractivity contribution in [3.05, 3.63) is 27.8 Å². The first-order chi connectivity index (χ1) is 8.63. The van der Waals surface area contributed by atoms with Crippen LogP contribution in [-0.2, 0) is 11.2 Å². The third-order valence-corrected chi connectivity index (χ3v) is 2.40. The van der Waals surface area contributed by atoms with E-state index in [1.807, 2.05) is 0 Å². The monoisotopic (exact) mass is 254 g/mol. The van der Waals surface area contributed by atoms with Crippen molar-refractivity contribution in [2.75, 3.05) is 20.8 Å². The van der Waals surface area contributed by atoms with Gasteiger partial charge in [0.15, 0.2) is 11.5 Å². The number of ether oxygens (including phenoxy) is 2. The quantitative estimate of drug-likeness (QED) is 0.338. The number of benzene rings is 1. The van der Waals surface area contributed by atoms with Gasteiger partial charge in [-0.25, -0.2) is 0 Å². The van der Waals surface area contributed by atoms with Crippen molar-refractivity contribution in [3.63, 3.8) is 0 Å². The van der Waals surface area contributed by atoms with Crippen molar-refractivity contribution in [2.24, 2.45) is 0 Å². The molecule has 0 radical (unpaired) electrons. The van der Waals surface area contributed by atoms with Gasteiger partial charge in [0.1, 0.15) is 0 Å².